The summed E-state index contributed by atoms with van der Waals surface area (Å²) in [5.41, 5.74) is 0. The molecular weight excluding hydrogens is 168 g/mol. The molecule has 0 aromatic carbocycles. The Bertz CT molecular complexity index is 154. The number of rotatable bonds is 2. The molecule has 0 aromatic heterocycles. The smallest absolute Gasteiger partial charge is 0.182 e. The molecule has 1 aliphatic rings. The highest BCUT2D eigenvalue weighted by molar-refractivity contribution is 7.21. The summed E-state index contributed by atoms with van der Waals surface area (Å²) in [4.78, 5) is 9.88. The van der Waals surface area contributed by atoms with Crippen molar-refractivity contribution in [1.82, 2.24) is 0 Å². The van der Waals surface area contributed by atoms with Crippen LogP contribution in [-0.4, -0.2) is 21.7 Å². The Hall–Kier alpha value is 0.134. The van der Waals surface area contributed by atoms with Crippen LogP contribution in [0.5, 0.6) is 0 Å². The van der Waals surface area contributed by atoms with Crippen molar-refractivity contribution in [2.24, 2.45) is 0 Å². The fourth-order valence-corrected chi connectivity index (χ4v) is 6.80. The van der Waals surface area contributed by atoms with Gasteiger partial charge in [-0.3, -0.25) is 0 Å². The number of hydrogen-bond acceptors (Lipinski definition) is 1. The molecule has 0 saturated carbocycles. The lowest BCUT2D eigenvalue weighted by Gasteiger charge is -2.18. The standard InChI is InChI=1S/C8H18OSi2/c1-10(2)11(9)8-6-4-3-5-7-8/h6,9-11H,3-5,7H2,1-2H3. The van der Waals surface area contributed by atoms with Crippen molar-refractivity contribution in [3.8, 4) is 0 Å². The first-order valence-electron chi connectivity index (χ1n) is 4.59. The van der Waals surface area contributed by atoms with E-state index < -0.39 is 16.9 Å². The SMILES string of the molecule is C[SiH](C)[SiH](O)C1=CCCCC1. The van der Waals surface area contributed by atoms with E-state index in [0.29, 0.717) is 0 Å². The summed E-state index contributed by atoms with van der Waals surface area (Å²) in [7, 11) is -2.07. The van der Waals surface area contributed by atoms with E-state index in [2.05, 4.69) is 19.2 Å². The summed E-state index contributed by atoms with van der Waals surface area (Å²) in [6, 6.07) is 0. The van der Waals surface area contributed by atoms with E-state index in [-0.39, 0.29) is 0 Å². The highest BCUT2D eigenvalue weighted by Crippen LogP contribution is 2.19. The van der Waals surface area contributed by atoms with Crippen molar-refractivity contribution in [2.75, 3.05) is 0 Å². The summed E-state index contributed by atoms with van der Waals surface area (Å²) in [5, 5.41) is 1.47. The average Bonchev–Trinajstić information content (AvgIpc) is 2.05. The molecule has 0 aromatic rings. The normalized spacial score (nSPS) is 21.6. The molecule has 0 aliphatic heterocycles. The van der Waals surface area contributed by atoms with Crippen LogP contribution in [0.25, 0.3) is 0 Å². The first-order chi connectivity index (χ1) is 5.22. The lowest BCUT2D eigenvalue weighted by molar-refractivity contribution is 0.589. The van der Waals surface area contributed by atoms with Crippen LogP contribution in [0.1, 0.15) is 25.7 Å². The van der Waals surface area contributed by atoms with Crippen molar-refractivity contribution in [1.29, 1.82) is 0 Å². The first-order valence-corrected chi connectivity index (χ1v) is 10.7. The summed E-state index contributed by atoms with van der Waals surface area (Å²) >= 11 is 0. The Morgan fingerprint density at radius 2 is 2.09 bits per heavy atom. The molecule has 0 fully saturated rings. The second kappa shape index (κ2) is 4.23. The maximum absolute atomic E-state index is 9.88. The molecule has 1 rings (SSSR count). The van der Waals surface area contributed by atoms with Crippen molar-refractivity contribution >= 4 is 16.9 Å². The van der Waals surface area contributed by atoms with Gasteiger partial charge in [-0.05, 0) is 25.7 Å². The zero-order chi connectivity index (χ0) is 8.27. The highest BCUT2D eigenvalue weighted by Gasteiger charge is 2.19. The third kappa shape index (κ3) is 2.58. The largest absolute Gasteiger partial charge is 0.434 e. The average molecular weight is 186 g/mol. The first kappa shape index (κ1) is 9.22. The van der Waals surface area contributed by atoms with Crippen LogP contribution in [0.15, 0.2) is 11.3 Å². The molecule has 1 nitrogen and oxygen atoms in total. The zero-order valence-corrected chi connectivity index (χ0v) is 9.82. The van der Waals surface area contributed by atoms with Crippen molar-refractivity contribution in [2.45, 2.75) is 38.8 Å². The lowest BCUT2D eigenvalue weighted by atomic mass is 10.1. The molecule has 0 heterocycles. The molecule has 0 radical (unpaired) electrons. The van der Waals surface area contributed by atoms with Crippen LogP contribution >= 0.6 is 0 Å². The molecule has 3 heteroatoms. The van der Waals surface area contributed by atoms with Gasteiger partial charge in [-0.15, -0.1) is 0 Å². The third-order valence-electron chi connectivity index (χ3n) is 2.34. The Kier molecular flexibility index (Phi) is 3.55. The van der Waals surface area contributed by atoms with Crippen LogP contribution in [0.4, 0.5) is 0 Å². The van der Waals surface area contributed by atoms with Gasteiger partial charge in [0.25, 0.3) is 0 Å². The quantitative estimate of drug-likeness (QED) is 0.645. The van der Waals surface area contributed by atoms with Gasteiger partial charge >= 0.3 is 0 Å². The van der Waals surface area contributed by atoms with Crippen LogP contribution in [0, 0.1) is 0 Å². The van der Waals surface area contributed by atoms with E-state index in [4.69, 9.17) is 0 Å². The lowest BCUT2D eigenvalue weighted by Crippen LogP contribution is -2.33. The van der Waals surface area contributed by atoms with E-state index in [1.165, 1.54) is 30.9 Å². The van der Waals surface area contributed by atoms with E-state index in [0.717, 1.165) is 0 Å². The van der Waals surface area contributed by atoms with E-state index in [1.54, 1.807) is 0 Å². The van der Waals surface area contributed by atoms with Crippen LogP contribution in [0.3, 0.4) is 0 Å². The van der Waals surface area contributed by atoms with Gasteiger partial charge in [0.1, 0.15) is 0 Å². The second-order valence-electron chi connectivity index (χ2n) is 3.71. The van der Waals surface area contributed by atoms with E-state index >= 15 is 0 Å². The molecule has 0 bridgehead atoms. The Balaban J connectivity index is 2.51. The summed E-state index contributed by atoms with van der Waals surface area (Å²) < 4.78 is 0. The summed E-state index contributed by atoms with van der Waals surface area (Å²) in [6.45, 7) is 4.54. The monoisotopic (exact) mass is 186 g/mol. The van der Waals surface area contributed by atoms with Gasteiger partial charge in [0, 0.05) is 0 Å². The number of allylic oxidation sites excluding steroid dienone is 2. The maximum atomic E-state index is 9.88. The van der Waals surface area contributed by atoms with E-state index in [1.807, 2.05) is 0 Å². The van der Waals surface area contributed by atoms with Crippen LogP contribution in [0.2, 0.25) is 13.1 Å². The summed E-state index contributed by atoms with van der Waals surface area (Å²) in [5.74, 6) is 0. The predicted octanol–water partition coefficient (Wildman–Crippen LogP) is 1.31. The minimum absolute atomic E-state index is 0.712. The fraction of sp³-hybridized carbons (Fsp3) is 0.750. The van der Waals surface area contributed by atoms with Gasteiger partial charge in [0.05, 0.1) is 8.31 Å². The second-order valence-corrected chi connectivity index (χ2v) is 13.7. The van der Waals surface area contributed by atoms with Gasteiger partial charge in [-0.25, -0.2) is 0 Å². The number of hydrogen-bond donors (Lipinski definition) is 1. The molecule has 0 spiro atoms. The molecule has 1 N–H and O–H groups in total. The molecule has 0 saturated heterocycles. The predicted molar refractivity (Wildman–Crippen MR) is 54.8 cm³/mol. The minimum atomic E-state index is -1.36. The van der Waals surface area contributed by atoms with Gasteiger partial charge < -0.3 is 4.80 Å². The Labute approximate surface area is 72.3 Å². The van der Waals surface area contributed by atoms with Gasteiger partial charge in [-0.1, -0.05) is 24.4 Å². The third-order valence-corrected chi connectivity index (χ3v) is 9.96. The molecule has 11 heavy (non-hydrogen) atoms. The van der Waals surface area contributed by atoms with Crippen LogP contribution in [-0.2, 0) is 0 Å². The summed E-state index contributed by atoms with van der Waals surface area (Å²) in [6.07, 6.45) is 7.40. The van der Waals surface area contributed by atoms with E-state index in [9.17, 15) is 4.80 Å². The molecular formula is C8H18OSi2. The van der Waals surface area contributed by atoms with Gasteiger partial charge in [0.2, 0.25) is 0 Å². The molecule has 64 valence electrons. The van der Waals surface area contributed by atoms with Crippen molar-refractivity contribution < 1.29 is 4.80 Å². The highest BCUT2D eigenvalue weighted by atomic mass is 29.2. The maximum Gasteiger partial charge on any atom is 0.182 e. The zero-order valence-electron chi connectivity index (χ0n) is 7.51. The molecule has 1 atom stereocenters. The van der Waals surface area contributed by atoms with Gasteiger partial charge in [-0.2, -0.15) is 0 Å². The fourth-order valence-electron chi connectivity index (χ4n) is 1.56. The topological polar surface area (TPSA) is 20.2 Å². The molecule has 1 unspecified atom stereocenters. The Morgan fingerprint density at radius 1 is 1.36 bits per heavy atom. The van der Waals surface area contributed by atoms with Crippen molar-refractivity contribution in [3.05, 3.63) is 11.3 Å². The van der Waals surface area contributed by atoms with Crippen molar-refractivity contribution in [3.63, 3.8) is 0 Å². The van der Waals surface area contributed by atoms with Gasteiger partial charge in [0.15, 0.2) is 8.56 Å². The molecule has 1 aliphatic carbocycles. The minimum Gasteiger partial charge on any atom is -0.434 e. The Morgan fingerprint density at radius 3 is 2.55 bits per heavy atom. The van der Waals surface area contributed by atoms with Crippen LogP contribution < -0.4 is 0 Å². The molecule has 0 amide bonds.